The molecule has 0 aliphatic rings. The third-order valence-electron chi connectivity index (χ3n) is 4.79. The fourth-order valence-corrected chi connectivity index (χ4v) is 4.06. The van der Waals surface area contributed by atoms with Gasteiger partial charge in [-0.05, 0) is 47.7 Å². The minimum atomic E-state index is -0.647. The number of hydrogen-bond acceptors (Lipinski definition) is 4. The molecular weight excluding hydrogens is 405 g/mol. The van der Waals surface area contributed by atoms with Crippen LogP contribution >= 0.6 is 11.3 Å². The highest BCUT2D eigenvalue weighted by molar-refractivity contribution is 7.17. The van der Waals surface area contributed by atoms with Gasteiger partial charge in [-0.2, -0.15) is 0 Å². The number of carbonyl (C=O) groups is 1. The first-order valence-electron chi connectivity index (χ1n) is 9.26. The van der Waals surface area contributed by atoms with Gasteiger partial charge >= 0.3 is 5.69 Å². The van der Waals surface area contributed by atoms with Gasteiger partial charge in [0.2, 0.25) is 5.91 Å². The van der Waals surface area contributed by atoms with Crippen molar-refractivity contribution in [2.24, 2.45) is 0 Å². The van der Waals surface area contributed by atoms with Crippen molar-refractivity contribution in [3.05, 3.63) is 97.8 Å². The molecule has 0 aliphatic heterocycles. The fraction of sp³-hybridized carbons (Fsp3) is 0.136. The van der Waals surface area contributed by atoms with Crippen molar-refractivity contribution in [2.75, 3.05) is 0 Å². The minimum absolute atomic E-state index is 0.237. The van der Waals surface area contributed by atoms with Crippen molar-refractivity contribution in [3.8, 4) is 5.69 Å². The second kappa shape index (κ2) is 8.08. The summed E-state index contributed by atoms with van der Waals surface area (Å²) >= 11 is 1.19. The van der Waals surface area contributed by atoms with Gasteiger partial charge in [0.25, 0.3) is 5.56 Å². The smallest absolute Gasteiger partial charge is 0.336 e. The first-order valence-corrected chi connectivity index (χ1v) is 10.1. The van der Waals surface area contributed by atoms with Gasteiger partial charge in [0.1, 0.15) is 17.1 Å². The molecule has 6 nitrogen and oxygen atoms in total. The number of thiophene rings is 1. The molecule has 152 valence electrons. The van der Waals surface area contributed by atoms with Crippen LogP contribution in [0.2, 0.25) is 0 Å². The largest absolute Gasteiger partial charge is 0.350 e. The Hall–Kier alpha value is -3.52. The number of fused-ring (bicyclic) bond motifs is 1. The second-order valence-electron chi connectivity index (χ2n) is 6.84. The molecule has 4 rings (SSSR count). The summed E-state index contributed by atoms with van der Waals surface area (Å²) in [6.07, 6.45) is 0. The number of aryl methyl sites for hydroxylation is 1. The number of aromatic nitrogens is 2. The lowest BCUT2D eigenvalue weighted by atomic mass is 10.2. The number of carbonyl (C=O) groups excluding carboxylic acids is 1. The molecule has 2 aromatic carbocycles. The Balaban J connectivity index is 1.73. The zero-order valence-electron chi connectivity index (χ0n) is 16.1. The molecule has 8 heteroatoms. The normalized spacial score (nSPS) is 11.0. The van der Waals surface area contributed by atoms with E-state index < -0.39 is 17.1 Å². The molecule has 30 heavy (non-hydrogen) atoms. The Morgan fingerprint density at radius 3 is 2.60 bits per heavy atom. The molecule has 0 fully saturated rings. The molecule has 1 amide bonds. The SMILES string of the molecule is Cc1cc(-n2c(=O)c3sccc3n(CC(=O)NCc3ccccc3)c2=O)ccc1F. The predicted molar refractivity (Wildman–Crippen MR) is 115 cm³/mol. The molecule has 2 heterocycles. The Morgan fingerprint density at radius 1 is 1.10 bits per heavy atom. The zero-order chi connectivity index (χ0) is 21.3. The molecule has 4 aromatic rings. The summed E-state index contributed by atoms with van der Waals surface area (Å²) in [4.78, 5) is 38.6. The predicted octanol–water partition coefficient (Wildman–Crippen LogP) is 2.98. The highest BCUT2D eigenvalue weighted by Gasteiger charge is 2.18. The molecule has 0 aliphatic carbocycles. The minimum Gasteiger partial charge on any atom is -0.350 e. The van der Waals surface area contributed by atoms with E-state index >= 15 is 0 Å². The molecule has 0 atom stereocenters. The lowest BCUT2D eigenvalue weighted by Gasteiger charge is -2.13. The Kier molecular flexibility index (Phi) is 5.33. The van der Waals surface area contributed by atoms with Crippen LogP contribution in [0.1, 0.15) is 11.1 Å². The summed E-state index contributed by atoms with van der Waals surface area (Å²) in [7, 11) is 0. The van der Waals surface area contributed by atoms with Gasteiger partial charge in [0.15, 0.2) is 0 Å². The Morgan fingerprint density at radius 2 is 1.87 bits per heavy atom. The standard InChI is InChI=1S/C22H18FN3O3S/c1-14-11-16(7-8-17(14)23)26-21(28)20-18(9-10-30-20)25(22(26)29)13-19(27)24-12-15-5-3-2-4-6-15/h2-11H,12-13H2,1H3,(H,24,27). The maximum absolute atomic E-state index is 13.7. The van der Waals surface area contributed by atoms with Crippen molar-refractivity contribution in [2.45, 2.75) is 20.0 Å². The molecular formula is C22H18FN3O3S. The van der Waals surface area contributed by atoms with Crippen molar-refractivity contribution < 1.29 is 9.18 Å². The molecule has 0 saturated heterocycles. The highest BCUT2D eigenvalue weighted by atomic mass is 32.1. The number of hydrogen-bond donors (Lipinski definition) is 1. The fourth-order valence-electron chi connectivity index (χ4n) is 3.23. The molecule has 1 N–H and O–H groups in total. The van der Waals surface area contributed by atoms with Crippen LogP contribution in [-0.4, -0.2) is 15.0 Å². The maximum atomic E-state index is 13.7. The van der Waals surface area contributed by atoms with Gasteiger partial charge in [-0.3, -0.25) is 14.2 Å². The number of rotatable bonds is 5. The second-order valence-corrected chi connectivity index (χ2v) is 7.76. The van der Waals surface area contributed by atoms with Crippen LogP contribution in [-0.2, 0) is 17.9 Å². The van der Waals surface area contributed by atoms with Crippen LogP contribution in [0, 0.1) is 12.7 Å². The average molecular weight is 423 g/mol. The van der Waals surface area contributed by atoms with Crippen molar-refractivity contribution in [3.63, 3.8) is 0 Å². The van der Waals surface area contributed by atoms with E-state index in [1.54, 1.807) is 18.4 Å². The van der Waals surface area contributed by atoms with E-state index in [0.717, 1.165) is 10.1 Å². The summed E-state index contributed by atoms with van der Waals surface area (Å²) in [6, 6.07) is 15.1. The van der Waals surface area contributed by atoms with Gasteiger partial charge in [0, 0.05) is 6.54 Å². The average Bonchev–Trinajstić information content (AvgIpc) is 3.23. The zero-order valence-corrected chi connectivity index (χ0v) is 16.9. The van der Waals surface area contributed by atoms with Gasteiger partial charge < -0.3 is 5.32 Å². The maximum Gasteiger partial charge on any atom is 0.336 e. The molecule has 2 aromatic heterocycles. The van der Waals surface area contributed by atoms with Crippen molar-refractivity contribution >= 4 is 27.5 Å². The molecule has 0 saturated carbocycles. The van der Waals surface area contributed by atoms with Gasteiger partial charge in [-0.25, -0.2) is 13.8 Å². The molecule has 0 spiro atoms. The lowest BCUT2D eigenvalue weighted by Crippen LogP contribution is -2.41. The summed E-state index contributed by atoms with van der Waals surface area (Å²) in [5, 5.41) is 4.49. The van der Waals surface area contributed by atoms with E-state index in [1.807, 2.05) is 30.3 Å². The summed E-state index contributed by atoms with van der Waals surface area (Å²) in [5.41, 5.74) is 0.782. The van der Waals surface area contributed by atoms with E-state index in [9.17, 15) is 18.8 Å². The third kappa shape index (κ3) is 3.69. The Bertz CT molecular complexity index is 1360. The van der Waals surface area contributed by atoms with Crippen LogP contribution < -0.4 is 16.6 Å². The van der Waals surface area contributed by atoms with Crippen LogP contribution in [0.25, 0.3) is 15.9 Å². The monoisotopic (exact) mass is 423 g/mol. The van der Waals surface area contributed by atoms with Gasteiger partial charge in [0.05, 0.1) is 11.2 Å². The van der Waals surface area contributed by atoms with E-state index in [0.29, 0.717) is 22.3 Å². The van der Waals surface area contributed by atoms with Crippen LogP contribution in [0.15, 0.2) is 69.6 Å². The van der Waals surface area contributed by atoms with Crippen molar-refractivity contribution in [1.29, 1.82) is 0 Å². The van der Waals surface area contributed by atoms with Crippen molar-refractivity contribution in [1.82, 2.24) is 14.5 Å². The molecule has 0 radical (unpaired) electrons. The van der Waals surface area contributed by atoms with E-state index in [2.05, 4.69) is 5.32 Å². The number of nitrogens with one attached hydrogen (secondary N) is 1. The van der Waals surface area contributed by atoms with E-state index in [-0.39, 0.29) is 18.1 Å². The van der Waals surface area contributed by atoms with Crippen LogP contribution in [0.5, 0.6) is 0 Å². The first kappa shape index (κ1) is 19.8. The summed E-state index contributed by atoms with van der Waals surface area (Å²) in [5.74, 6) is -0.779. The van der Waals surface area contributed by atoms with Gasteiger partial charge in [-0.15, -0.1) is 11.3 Å². The summed E-state index contributed by atoms with van der Waals surface area (Å²) in [6.45, 7) is 1.65. The summed E-state index contributed by atoms with van der Waals surface area (Å²) < 4.78 is 16.3. The molecule has 0 bridgehead atoms. The van der Waals surface area contributed by atoms with Crippen LogP contribution in [0.3, 0.4) is 0 Å². The first-order chi connectivity index (χ1) is 14.5. The topological polar surface area (TPSA) is 73.1 Å². The van der Waals surface area contributed by atoms with Crippen LogP contribution in [0.4, 0.5) is 4.39 Å². The Labute approximate surface area is 174 Å². The lowest BCUT2D eigenvalue weighted by molar-refractivity contribution is -0.121. The third-order valence-corrected chi connectivity index (χ3v) is 5.68. The van der Waals surface area contributed by atoms with E-state index in [4.69, 9.17) is 0 Å². The number of benzene rings is 2. The van der Waals surface area contributed by atoms with E-state index in [1.165, 1.54) is 34.1 Å². The molecule has 0 unspecified atom stereocenters. The quantitative estimate of drug-likeness (QED) is 0.536. The number of halogens is 1. The number of amides is 1. The number of nitrogens with zero attached hydrogens (tertiary/aromatic N) is 2. The highest BCUT2D eigenvalue weighted by Crippen LogP contribution is 2.17. The van der Waals surface area contributed by atoms with Gasteiger partial charge in [-0.1, -0.05) is 30.3 Å².